The molecule has 0 amide bonds. The van der Waals surface area contributed by atoms with E-state index in [4.69, 9.17) is 0 Å². The first-order valence-corrected chi connectivity index (χ1v) is 39.7. The van der Waals surface area contributed by atoms with Crippen LogP contribution in [0.2, 0.25) is 0 Å². The van der Waals surface area contributed by atoms with Gasteiger partial charge in [-0.25, -0.2) is 0 Å². The molecule has 0 atom stereocenters. The lowest BCUT2D eigenvalue weighted by Crippen LogP contribution is -2.28. The van der Waals surface area contributed by atoms with Crippen molar-refractivity contribution in [2.45, 2.75) is 146 Å². The van der Waals surface area contributed by atoms with Crippen molar-refractivity contribution < 1.29 is 0 Å². The van der Waals surface area contributed by atoms with Gasteiger partial charge < -0.3 is 0 Å². The highest BCUT2D eigenvalue weighted by Crippen LogP contribution is 2.63. The van der Waals surface area contributed by atoms with E-state index in [1.165, 1.54) is 134 Å². The molecule has 19 rings (SSSR count). The smallest absolute Gasteiger partial charge is 0.0683 e. The maximum absolute atomic E-state index is 2.31. The van der Waals surface area contributed by atoms with Crippen LogP contribution in [0, 0.1) is 0 Å². The molecule has 1 spiro atoms. The average molecular weight is 1390 g/mol. The Morgan fingerprint density at radius 2 is 0.236 bits per heavy atom. The molecule has 538 valence electrons. The Hall–Kier alpha value is -10.9. The van der Waals surface area contributed by atoms with E-state index in [1.54, 1.807) is 0 Å². The molecule has 0 nitrogen and oxygen atoms in total. The zero-order chi connectivity index (χ0) is 76.3. The van der Waals surface area contributed by atoms with Gasteiger partial charge in [-0.2, -0.15) is 0 Å². The van der Waals surface area contributed by atoms with Crippen LogP contribution in [0.1, 0.15) is 203 Å². The van der Waals surface area contributed by atoms with E-state index in [0.717, 1.165) is 0 Å². The number of hydrogen-bond donors (Lipinski definition) is 0. The van der Waals surface area contributed by atoms with Gasteiger partial charge in [-0.1, -0.05) is 489 Å². The third-order valence-corrected chi connectivity index (χ3v) is 20.1. The van der Waals surface area contributed by atoms with E-state index in [0.29, 0.717) is 0 Å². The fourth-order valence-corrected chi connectivity index (χ4v) is 16.5. The average Bonchev–Trinajstić information content (AvgIpc) is 1.48. The van der Waals surface area contributed by atoms with Crippen molar-refractivity contribution in [3.05, 3.63) is 442 Å². The quantitative estimate of drug-likeness (QED) is 0.165. The van der Waals surface area contributed by atoms with Crippen molar-refractivity contribution >= 4 is 0 Å². The first kappa shape index (κ1) is 80.8. The molecule has 0 heteroatoms. The second-order valence-electron chi connectivity index (χ2n) is 24.8. The first-order chi connectivity index (χ1) is 52.5. The van der Waals surface area contributed by atoms with Gasteiger partial charge in [0.25, 0.3) is 0 Å². The summed E-state index contributed by atoms with van der Waals surface area (Å²) in [5.74, 6) is 0. The molecule has 0 saturated heterocycles. The van der Waals surface area contributed by atoms with Crippen molar-refractivity contribution in [1.29, 1.82) is 0 Å². The first-order valence-electron chi connectivity index (χ1n) is 39.7. The highest BCUT2D eigenvalue weighted by atomic mass is 14.5. The predicted octanol–water partition coefficient (Wildman–Crippen LogP) is 30.3. The lowest BCUT2D eigenvalue weighted by molar-refractivity contribution is 0.660. The summed E-state index contributed by atoms with van der Waals surface area (Å²) >= 11 is 0. The van der Waals surface area contributed by atoms with Crippen LogP contribution in [0.15, 0.2) is 364 Å². The molecule has 14 aromatic rings. The second-order valence-corrected chi connectivity index (χ2v) is 24.8. The van der Waals surface area contributed by atoms with E-state index in [9.17, 15) is 0 Å². The fourth-order valence-electron chi connectivity index (χ4n) is 16.5. The van der Waals surface area contributed by atoms with Crippen LogP contribution in [0.5, 0.6) is 0 Å². The lowest BCUT2D eigenvalue weighted by Gasteiger charge is -2.33. The molecule has 0 aliphatic heterocycles. The van der Waals surface area contributed by atoms with Crippen molar-refractivity contribution in [2.75, 3.05) is 0 Å². The van der Waals surface area contributed by atoms with Gasteiger partial charge >= 0.3 is 0 Å². The molecule has 5 aliphatic rings. The zero-order valence-electron chi connectivity index (χ0n) is 66.6. The van der Waals surface area contributed by atoms with E-state index in [2.05, 4.69) is 378 Å². The van der Waals surface area contributed by atoms with Crippen molar-refractivity contribution in [2.24, 2.45) is 0 Å². The molecule has 106 heavy (non-hydrogen) atoms. The van der Waals surface area contributed by atoms with Crippen LogP contribution >= 0.6 is 0 Å². The summed E-state index contributed by atoms with van der Waals surface area (Å²) in [5, 5.41) is 0. The van der Waals surface area contributed by atoms with Crippen LogP contribution in [0.25, 0.3) is 55.6 Å². The second kappa shape index (κ2) is 38.7. The molecule has 14 aromatic carbocycles. The minimum Gasteiger partial charge on any atom is -0.0683 e. The molecule has 0 saturated carbocycles. The fraction of sp³-hybridized carbons (Fsp3) is 0.208. The van der Waals surface area contributed by atoms with E-state index in [1.807, 2.05) is 111 Å². The van der Waals surface area contributed by atoms with Gasteiger partial charge in [-0.05, 0) is 134 Å². The molecule has 0 radical (unpaired) electrons. The third-order valence-electron chi connectivity index (χ3n) is 20.1. The van der Waals surface area contributed by atoms with E-state index in [-0.39, 0.29) is 21.7 Å². The Morgan fingerprint density at radius 1 is 0.123 bits per heavy atom. The number of fused-ring (bicyclic) bond motifs is 19. The van der Waals surface area contributed by atoms with Gasteiger partial charge in [-0.3, -0.25) is 0 Å². The minimum absolute atomic E-state index is 0.160. The van der Waals surface area contributed by atoms with Crippen LogP contribution in [-0.4, -0.2) is 0 Å². The summed E-state index contributed by atoms with van der Waals surface area (Å²) in [7, 11) is 0. The number of benzene rings is 14. The topological polar surface area (TPSA) is 0 Å². The molecule has 5 aliphatic carbocycles. The van der Waals surface area contributed by atoms with E-state index >= 15 is 0 Å². The minimum atomic E-state index is -0.254. The summed E-state index contributed by atoms with van der Waals surface area (Å²) < 4.78 is 0. The normalized spacial score (nSPS) is 12.7. The Kier molecular flexibility index (Phi) is 29.5. The standard InChI is InChI=1S/C25H16.2C25H18.C15H14.8C2H6/c1-5-13-21-17(9-1)18-10-2-6-14-22(18)25(21)23-15-7-3-11-19(23)20-12-4-8-16-24(20)25;2*1-3-11-19(12-4-1)25(20-13-5-2-6-14-20)23-17-9-7-15-21(23)22-16-8-10-18-24(22)25;1-15(2)13-9-5-3-7-11(13)12-8-4-6-10-14(12)15;8*1-2/h1-16H;2*1-18H;3-10H,1-2H3;8*1-2H3. The van der Waals surface area contributed by atoms with Crippen molar-refractivity contribution in [1.82, 2.24) is 0 Å². The van der Waals surface area contributed by atoms with Gasteiger partial charge in [0.05, 0.1) is 16.2 Å². The maximum Gasteiger partial charge on any atom is 0.0725 e. The molecule has 0 bridgehead atoms. The molecule has 0 fully saturated rings. The van der Waals surface area contributed by atoms with Crippen LogP contribution in [-0.2, 0) is 21.7 Å². The van der Waals surface area contributed by atoms with Gasteiger partial charge in [0.15, 0.2) is 0 Å². The molecule has 0 unspecified atom stereocenters. The summed E-state index contributed by atoms with van der Waals surface area (Å²) in [6.45, 7) is 36.6. The molecular formula is C106H114. The van der Waals surface area contributed by atoms with Crippen LogP contribution in [0.3, 0.4) is 0 Å². The summed E-state index contributed by atoms with van der Waals surface area (Å²) in [6, 6.07) is 132. The van der Waals surface area contributed by atoms with Crippen molar-refractivity contribution in [3.8, 4) is 55.6 Å². The number of hydrogen-bond acceptors (Lipinski definition) is 0. The lowest BCUT2D eigenvalue weighted by atomic mass is 9.68. The molecular weight excluding hydrogens is 1270 g/mol. The van der Waals surface area contributed by atoms with Gasteiger partial charge in [0.2, 0.25) is 0 Å². The van der Waals surface area contributed by atoms with Gasteiger partial charge in [-0.15, -0.1) is 0 Å². The Bertz CT molecular complexity index is 4210. The molecule has 0 N–H and O–H groups in total. The third kappa shape index (κ3) is 14.3. The monoisotopic (exact) mass is 1390 g/mol. The highest BCUT2D eigenvalue weighted by molar-refractivity contribution is 5.95. The Morgan fingerprint density at radius 3 is 0.396 bits per heavy atom. The van der Waals surface area contributed by atoms with Crippen molar-refractivity contribution in [3.63, 3.8) is 0 Å². The van der Waals surface area contributed by atoms with Crippen LogP contribution in [0.4, 0.5) is 0 Å². The summed E-state index contributed by atoms with van der Waals surface area (Å²) in [5.41, 5.74) is 32.4. The maximum atomic E-state index is 2.31. The summed E-state index contributed by atoms with van der Waals surface area (Å²) in [4.78, 5) is 0. The molecule has 0 heterocycles. The Balaban J connectivity index is 0.000000170. The number of rotatable bonds is 4. The predicted molar refractivity (Wildman–Crippen MR) is 465 cm³/mol. The zero-order valence-corrected chi connectivity index (χ0v) is 66.6. The van der Waals surface area contributed by atoms with Gasteiger partial charge in [0, 0.05) is 5.41 Å². The summed E-state index contributed by atoms with van der Waals surface area (Å²) in [6.07, 6.45) is 0. The van der Waals surface area contributed by atoms with Crippen LogP contribution < -0.4 is 0 Å². The molecule has 0 aromatic heterocycles. The Labute approximate surface area is 639 Å². The van der Waals surface area contributed by atoms with E-state index < -0.39 is 0 Å². The SMILES string of the molecule is CC.CC.CC.CC.CC.CC.CC.CC.CC1(C)c2ccccc2-c2ccccc21.c1ccc(C2(c3ccccc3)c3ccccc3-c3ccccc32)cc1.c1ccc(C2(c3ccccc3)c3ccccc3-c3ccccc32)cc1.c1ccc2c(c1)-c1ccccc1C21c2ccccc2-c2ccccc21. The highest BCUT2D eigenvalue weighted by Gasteiger charge is 2.52. The largest absolute Gasteiger partial charge is 0.0725 e. The van der Waals surface area contributed by atoms with Gasteiger partial charge in [0.1, 0.15) is 0 Å².